The van der Waals surface area contributed by atoms with Crippen LogP contribution in [0.5, 0.6) is 0 Å². The average Bonchev–Trinajstić information content (AvgIpc) is 3.65. The average molecular weight is 651 g/mol. The van der Waals surface area contributed by atoms with Crippen molar-refractivity contribution in [2.24, 2.45) is 0 Å². The fraction of sp³-hybridized carbons (Fsp3) is 0. The van der Waals surface area contributed by atoms with Gasteiger partial charge in [0.15, 0.2) is 0 Å². The molecule has 0 spiro atoms. The first-order chi connectivity index (χ1) is 25.3. The second-order valence-corrected chi connectivity index (χ2v) is 12.9. The minimum atomic E-state index is 0.855. The van der Waals surface area contributed by atoms with Crippen molar-refractivity contribution in [2.45, 2.75) is 0 Å². The van der Waals surface area contributed by atoms with E-state index in [0.717, 1.165) is 49.7 Å². The summed E-state index contributed by atoms with van der Waals surface area (Å²) in [6.07, 6.45) is 3.67. The standard InChI is InChI=1S/C47H30N4/c1-2-12-32(13-3-1)45-38-18-5-7-20-40(38)46(41-21-8-6-19-39(41)45)34-15-10-14-33(28-34)43-29-44-47(42-22-9-4-17-37(42)43)50-51(49-44)36-25-23-31(24-26-36)35-16-11-27-48-30-35/h1-30H. The van der Waals surface area contributed by atoms with Gasteiger partial charge in [-0.05, 0) is 102 Å². The van der Waals surface area contributed by atoms with Gasteiger partial charge in [-0.1, -0.05) is 140 Å². The lowest BCUT2D eigenvalue weighted by atomic mass is 9.85. The number of fused-ring (bicyclic) bond motifs is 5. The Hall–Kier alpha value is -6.91. The first kappa shape index (κ1) is 29.0. The number of hydrogen-bond acceptors (Lipinski definition) is 3. The topological polar surface area (TPSA) is 43.6 Å². The lowest BCUT2D eigenvalue weighted by Gasteiger charge is -2.18. The van der Waals surface area contributed by atoms with Gasteiger partial charge in [0.1, 0.15) is 11.0 Å². The van der Waals surface area contributed by atoms with Gasteiger partial charge in [-0.2, -0.15) is 4.80 Å². The molecule has 51 heavy (non-hydrogen) atoms. The maximum Gasteiger partial charge on any atom is 0.121 e. The van der Waals surface area contributed by atoms with Gasteiger partial charge in [0.25, 0.3) is 0 Å². The molecular weight excluding hydrogens is 621 g/mol. The first-order valence-corrected chi connectivity index (χ1v) is 17.2. The molecule has 0 aliphatic carbocycles. The molecule has 10 aromatic rings. The van der Waals surface area contributed by atoms with Crippen molar-refractivity contribution in [2.75, 3.05) is 0 Å². The van der Waals surface area contributed by atoms with Crippen LogP contribution in [-0.4, -0.2) is 20.0 Å². The van der Waals surface area contributed by atoms with Crippen LogP contribution in [0.1, 0.15) is 0 Å². The predicted octanol–water partition coefficient (Wildman–Crippen LogP) is 11.9. The van der Waals surface area contributed by atoms with Gasteiger partial charge >= 0.3 is 0 Å². The highest BCUT2D eigenvalue weighted by molar-refractivity contribution is 6.21. The summed E-state index contributed by atoms with van der Waals surface area (Å²) < 4.78 is 0. The zero-order valence-corrected chi connectivity index (χ0v) is 27.6. The molecule has 10 rings (SSSR count). The van der Waals surface area contributed by atoms with Crippen molar-refractivity contribution in [3.05, 3.63) is 182 Å². The minimum absolute atomic E-state index is 0.855. The first-order valence-electron chi connectivity index (χ1n) is 17.2. The summed E-state index contributed by atoms with van der Waals surface area (Å²) in [5.41, 5.74) is 12.0. The van der Waals surface area contributed by atoms with Crippen molar-refractivity contribution < 1.29 is 0 Å². The second-order valence-electron chi connectivity index (χ2n) is 12.9. The highest BCUT2D eigenvalue weighted by Crippen LogP contribution is 2.44. The molecule has 0 bridgehead atoms. The van der Waals surface area contributed by atoms with E-state index >= 15 is 0 Å². The van der Waals surface area contributed by atoms with Gasteiger partial charge < -0.3 is 0 Å². The van der Waals surface area contributed by atoms with Crippen molar-refractivity contribution >= 4 is 43.4 Å². The van der Waals surface area contributed by atoms with Crippen LogP contribution in [0.15, 0.2) is 182 Å². The van der Waals surface area contributed by atoms with Gasteiger partial charge in [0.05, 0.1) is 5.69 Å². The minimum Gasteiger partial charge on any atom is -0.264 e. The lowest BCUT2D eigenvalue weighted by Crippen LogP contribution is -1.98. The molecule has 0 saturated carbocycles. The van der Waals surface area contributed by atoms with Crippen molar-refractivity contribution in [1.82, 2.24) is 20.0 Å². The molecule has 0 radical (unpaired) electrons. The van der Waals surface area contributed by atoms with E-state index in [0.29, 0.717) is 0 Å². The van der Waals surface area contributed by atoms with Crippen LogP contribution in [0.4, 0.5) is 0 Å². The van der Waals surface area contributed by atoms with Crippen LogP contribution >= 0.6 is 0 Å². The number of benzene rings is 8. The van der Waals surface area contributed by atoms with E-state index < -0.39 is 0 Å². The van der Waals surface area contributed by atoms with Crippen molar-refractivity contribution in [3.63, 3.8) is 0 Å². The summed E-state index contributed by atoms with van der Waals surface area (Å²) in [5.74, 6) is 0. The van der Waals surface area contributed by atoms with E-state index in [1.807, 2.05) is 12.3 Å². The molecule has 0 amide bonds. The van der Waals surface area contributed by atoms with E-state index in [1.54, 1.807) is 11.0 Å². The summed E-state index contributed by atoms with van der Waals surface area (Å²) >= 11 is 0. The maximum absolute atomic E-state index is 5.02. The summed E-state index contributed by atoms with van der Waals surface area (Å²) in [6, 6.07) is 60.4. The second kappa shape index (κ2) is 11.9. The van der Waals surface area contributed by atoms with Crippen LogP contribution in [0.3, 0.4) is 0 Å². The molecule has 0 aliphatic heterocycles. The van der Waals surface area contributed by atoms with Crippen LogP contribution < -0.4 is 0 Å². The molecule has 0 atom stereocenters. The fourth-order valence-electron chi connectivity index (χ4n) is 7.62. The van der Waals surface area contributed by atoms with E-state index in [9.17, 15) is 0 Å². The van der Waals surface area contributed by atoms with Gasteiger partial charge in [-0.25, -0.2) is 0 Å². The molecule has 0 fully saturated rings. The number of aromatic nitrogens is 4. The SMILES string of the molecule is c1ccc(-c2c3ccccc3c(-c3cccc(-c4cc5nn(-c6ccc(-c7cccnc7)cc6)nc5c5ccccc45)c3)c3ccccc23)cc1. The largest absolute Gasteiger partial charge is 0.264 e. The lowest BCUT2D eigenvalue weighted by molar-refractivity contribution is 0.766. The predicted molar refractivity (Wildman–Crippen MR) is 211 cm³/mol. The Morgan fingerprint density at radius 1 is 0.373 bits per heavy atom. The molecular formula is C47H30N4. The summed E-state index contributed by atoms with van der Waals surface area (Å²) in [5, 5.41) is 17.2. The van der Waals surface area contributed by atoms with Crippen LogP contribution in [-0.2, 0) is 0 Å². The van der Waals surface area contributed by atoms with E-state index in [4.69, 9.17) is 10.2 Å². The molecule has 4 nitrogen and oxygen atoms in total. The number of hydrogen-bond donors (Lipinski definition) is 0. The van der Waals surface area contributed by atoms with Gasteiger partial charge in [-0.15, -0.1) is 10.2 Å². The summed E-state index contributed by atoms with van der Waals surface area (Å²) in [7, 11) is 0. The molecule has 0 saturated heterocycles. The monoisotopic (exact) mass is 650 g/mol. The third-order valence-electron chi connectivity index (χ3n) is 9.94. The molecule has 238 valence electrons. The third-order valence-corrected chi connectivity index (χ3v) is 9.94. The third kappa shape index (κ3) is 4.88. The molecule has 4 heteroatoms. The van der Waals surface area contributed by atoms with E-state index in [1.165, 1.54) is 43.8 Å². The van der Waals surface area contributed by atoms with Crippen LogP contribution in [0.2, 0.25) is 0 Å². The molecule has 8 aromatic carbocycles. The summed E-state index contributed by atoms with van der Waals surface area (Å²) in [6.45, 7) is 0. The Morgan fingerprint density at radius 3 is 1.61 bits per heavy atom. The molecule has 0 N–H and O–H groups in total. The van der Waals surface area contributed by atoms with Crippen LogP contribution in [0, 0.1) is 0 Å². The summed E-state index contributed by atoms with van der Waals surface area (Å²) in [4.78, 5) is 6.01. The zero-order chi connectivity index (χ0) is 33.7. The van der Waals surface area contributed by atoms with Crippen LogP contribution in [0.25, 0.3) is 93.5 Å². The highest BCUT2D eigenvalue weighted by Gasteiger charge is 2.18. The molecule has 2 heterocycles. The van der Waals surface area contributed by atoms with E-state index in [2.05, 4.69) is 169 Å². The number of rotatable bonds is 5. The molecule has 0 aliphatic rings. The zero-order valence-electron chi connectivity index (χ0n) is 27.6. The Bertz CT molecular complexity index is 2840. The van der Waals surface area contributed by atoms with Gasteiger partial charge in [0, 0.05) is 17.8 Å². The molecule has 2 aromatic heterocycles. The fourth-order valence-corrected chi connectivity index (χ4v) is 7.62. The Balaban J connectivity index is 1.14. The Morgan fingerprint density at radius 2 is 0.941 bits per heavy atom. The van der Waals surface area contributed by atoms with Gasteiger partial charge in [0.2, 0.25) is 0 Å². The Labute approximate surface area is 294 Å². The Kier molecular flexibility index (Phi) is 6.78. The smallest absolute Gasteiger partial charge is 0.121 e. The maximum atomic E-state index is 5.02. The molecule has 0 unspecified atom stereocenters. The highest BCUT2D eigenvalue weighted by atomic mass is 15.5. The van der Waals surface area contributed by atoms with Crippen molar-refractivity contribution in [3.8, 4) is 50.2 Å². The van der Waals surface area contributed by atoms with Crippen molar-refractivity contribution in [1.29, 1.82) is 0 Å². The number of nitrogens with zero attached hydrogens (tertiary/aromatic N) is 4. The normalized spacial score (nSPS) is 11.5. The number of pyridine rings is 1. The quantitative estimate of drug-likeness (QED) is 0.174. The van der Waals surface area contributed by atoms with Gasteiger partial charge in [-0.3, -0.25) is 4.98 Å². The van der Waals surface area contributed by atoms with E-state index in [-0.39, 0.29) is 0 Å².